The fourth-order valence-electron chi connectivity index (χ4n) is 3.09. The lowest BCUT2D eigenvalue weighted by Crippen LogP contribution is -2.55. The van der Waals surface area contributed by atoms with Gasteiger partial charge in [0.15, 0.2) is 0 Å². The summed E-state index contributed by atoms with van der Waals surface area (Å²) in [7, 11) is 0. The van der Waals surface area contributed by atoms with Crippen LogP contribution in [0.25, 0.3) is 0 Å². The number of furan rings is 1. The lowest BCUT2D eigenvalue weighted by molar-refractivity contribution is 0.152. The molecule has 0 aliphatic heterocycles. The van der Waals surface area contributed by atoms with Gasteiger partial charge >= 0.3 is 0 Å². The van der Waals surface area contributed by atoms with Gasteiger partial charge in [0.1, 0.15) is 5.76 Å². The van der Waals surface area contributed by atoms with E-state index in [9.17, 15) is 5.11 Å². The van der Waals surface area contributed by atoms with Crippen molar-refractivity contribution in [1.29, 1.82) is 0 Å². The van der Waals surface area contributed by atoms with Crippen LogP contribution in [0, 0.1) is 0 Å². The zero-order valence-electron chi connectivity index (χ0n) is 10.1. The van der Waals surface area contributed by atoms with E-state index >= 15 is 0 Å². The number of aliphatic hydroxyl groups excluding tert-OH is 1. The molecule has 0 bridgehead atoms. The van der Waals surface area contributed by atoms with E-state index in [1.165, 1.54) is 5.56 Å². The number of hydrogen-bond acceptors (Lipinski definition) is 3. The monoisotopic (exact) mass is 223 g/mol. The van der Waals surface area contributed by atoms with E-state index in [1.54, 1.807) is 6.26 Å². The zero-order valence-corrected chi connectivity index (χ0v) is 10.1. The molecule has 1 aromatic heterocycles. The first kappa shape index (κ1) is 11.7. The molecule has 90 valence electrons. The van der Waals surface area contributed by atoms with Crippen molar-refractivity contribution in [3.05, 3.63) is 23.7 Å². The second kappa shape index (κ2) is 3.90. The average Bonchev–Trinajstić information content (AvgIpc) is 2.65. The van der Waals surface area contributed by atoms with Gasteiger partial charge < -0.3 is 15.3 Å². The second-order valence-electron chi connectivity index (χ2n) is 5.39. The third kappa shape index (κ3) is 1.59. The maximum Gasteiger partial charge on any atom is 0.107 e. The van der Waals surface area contributed by atoms with Gasteiger partial charge in [-0.1, -0.05) is 0 Å². The molecule has 0 saturated heterocycles. The zero-order chi connectivity index (χ0) is 11.8. The van der Waals surface area contributed by atoms with Gasteiger partial charge in [0, 0.05) is 29.5 Å². The van der Waals surface area contributed by atoms with Gasteiger partial charge in [-0.05, 0) is 39.2 Å². The summed E-state index contributed by atoms with van der Waals surface area (Å²) in [5.41, 5.74) is 7.09. The normalized spacial score (nSPS) is 25.5. The molecule has 1 heterocycles. The molecule has 0 fully saturated rings. The quantitative estimate of drug-likeness (QED) is 0.823. The number of aliphatic hydroxyl groups is 1. The molecule has 3 heteroatoms. The summed E-state index contributed by atoms with van der Waals surface area (Å²) in [5.74, 6) is 1.05. The number of rotatable bonds is 3. The van der Waals surface area contributed by atoms with E-state index in [4.69, 9.17) is 10.2 Å². The SMILES string of the molecule is CC(C)(N)C1(CCO)CCCc2occc21. The van der Waals surface area contributed by atoms with Gasteiger partial charge in [0.05, 0.1) is 6.26 Å². The highest BCUT2D eigenvalue weighted by Gasteiger charge is 2.47. The first-order valence-corrected chi connectivity index (χ1v) is 5.98. The van der Waals surface area contributed by atoms with Crippen LogP contribution in [0.4, 0.5) is 0 Å². The van der Waals surface area contributed by atoms with Gasteiger partial charge in [-0.2, -0.15) is 0 Å². The molecule has 3 nitrogen and oxygen atoms in total. The molecule has 3 N–H and O–H groups in total. The van der Waals surface area contributed by atoms with Crippen LogP contribution in [-0.4, -0.2) is 17.3 Å². The van der Waals surface area contributed by atoms with Crippen molar-refractivity contribution >= 4 is 0 Å². The van der Waals surface area contributed by atoms with E-state index in [0.29, 0.717) is 6.42 Å². The fourth-order valence-corrected chi connectivity index (χ4v) is 3.09. The first-order valence-electron chi connectivity index (χ1n) is 5.98. The third-order valence-corrected chi connectivity index (χ3v) is 4.04. The summed E-state index contributed by atoms with van der Waals surface area (Å²) < 4.78 is 5.52. The highest BCUT2D eigenvalue weighted by Crippen LogP contribution is 2.46. The number of nitrogens with two attached hydrogens (primary N) is 1. The predicted molar refractivity (Wildman–Crippen MR) is 63.3 cm³/mol. The van der Waals surface area contributed by atoms with Crippen LogP contribution in [0.2, 0.25) is 0 Å². The molecule has 1 aromatic rings. The lowest BCUT2D eigenvalue weighted by atomic mass is 9.60. The molecule has 1 unspecified atom stereocenters. The van der Waals surface area contributed by atoms with Gasteiger partial charge in [-0.3, -0.25) is 0 Å². The third-order valence-electron chi connectivity index (χ3n) is 4.04. The van der Waals surface area contributed by atoms with Crippen molar-refractivity contribution in [3.8, 4) is 0 Å². The Bertz CT molecular complexity index is 364. The summed E-state index contributed by atoms with van der Waals surface area (Å²) in [6.07, 6.45) is 5.56. The molecule has 0 radical (unpaired) electrons. The summed E-state index contributed by atoms with van der Waals surface area (Å²) in [4.78, 5) is 0. The van der Waals surface area contributed by atoms with Crippen LogP contribution in [0.15, 0.2) is 16.7 Å². The Labute approximate surface area is 96.6 Å². The van der Waals surface area contributed by atoms with Crippen molar-refractivity contribution < 1.29 is 9.52 Å². The van der Waals surface area contributed by atoms with Crippen LogP contribution < -0.4 is 5.73 Å². The number of hydrogen-bond donors (Lipinski definition) is 2. The van der Waals surface area contributed by atoms with Crippen molar-refractivity contribution in [3.63, 3.8) is 0 Å². The van der Waals surface area contributed by atoms with Crippen molar-refractivity contribution in [2.45, 2.75) is 50.5 Å². The van der Waals surface area contributed by atoms with Gasteiger partial charge in [-0.15, -0.1) is 0 Å². The molecule has 16 heavy (non-hydrogen) atoms. The molecule has 0 aromatic carbocycles. The van der Waals surface area contributed by atoms with Crippen LogP contribution in [0.1, 0.15) is 44.4 Å². The predicted octanol–water partition coefficient (Wildman–Crippen LogP) is 1.97. The minimum atomic E-state index is -0.339. The Kier molecular flexibility index (Phi) is 2.84. The van der Waals surface area contributed by atoms with E-state index in [-0.39, 0.29) is 17.6 Å². The Morgan fingerprint density at radius 1 is 1.56 bits per heavy atom. The smallest absolute Gasteiger partial charge is 0.107 e. The van der Waals surface area contributed by atoms with Crippen LogP contribution in [-0.2, 0) is 11.8 Å². The van der Waals surface area contributed by atoms with E-state index in [1.807, 2.05) is 19.9 Å². The van der Waals surface area contributed by atoms with E-state index < -0.39 is 0 Å². The Balaban J connectivity index is 2.50. The summed E-state index contributed by atoms with van der Waals surface area (Å²) in [5, 5.41) is 9.32. The lowest BCUT2D eigenvalue weighted by Gasteiger charge is -2.46. The average molecular weight is 223 g/mol. The Morgan fingerprint density at radius 2 is 2.31 bits per heavy atom. The van der Waals surface area contributed by atoms with E-state index in [2.05, 4.69) is 0 Å². The molecule has 0 amide bonds. The van der Waals surface area contributed by atoms with Gasteiger partial charge in [-0.25, -0.2) is 0 Å². The molecule has 1 aliphatic carbocycles. The van der Waals surface area contributed by atoms with Gasteiger partial charge in [0.25, 0.3) is 0 Å². The Hall–Kier alpha value is -0.800. The molecular weight excluding hydrogens is 202 g/mol. The standard InChI is InChI=1S/C13H21NO2/c1-12(2,14)13(7-8-15)6-3-4-11-10(13)5-9-16-11/h5,9,15H,3-4,6-8,14H2,1-2H3. The first-order chi connectivity index (χ1) is 7.51. The number of aryl methyl sites for hydroxylation is 1. The van der Waals surface area contributed by atoms with Crippen molar-refractivity contribution in [2.24, 2.45) is 5.73 Å². The van der Waals surface area contributed by atoms with Crippen LogP contribution in [0.5, 0.6) is 0 Å². The van der Waals surface area contributed by atoms with Crippen LogP contribution >= 0.6 is 0 Å². The Morgan fingerprint density at radius 3 is 2.94 bits per heavy atom. The maximum absolute atomic E-state index is 9.32. The van der Waals surface area contributed by atoms with Crippen molar-refractivity contribution in [1.82, 2.24) is 0 Å². The van der Waals surface area contributed by atoms with Gasteiger partial charge in [0.2, 0.25) is 0 Å². The highest BCUT2D eigenvalue weighted by molar-refractivity contribution is 5.34. The molecule has 0 saturated carbocycles. The molecule has 1 atom stereocenters. The summed E-state index contributed by atoms with van der Waals surface area (Å²) in [6, 6.07) is 2.03. The minimum Gasteiger partial charge on any atom is -0.469 e. The molecule has 2 rings (SSSR count). The molecular formula is C13H21NO2. The largest absolute Gasteiger partial charge is 0.469 e. The summed E-state index contributed by atoms with van der Waals surface area (Å²) in [6.45, 7) is 4.26. The molecule has 1 aliphatic rings. The topological polar surface area (TPSA) is 59.4 Å². The highest BCUT2D eigenvalue weighted by atomic mass is 16.3. The maximum atomic E-state index is 9.32. The molecule has 0 spiro atoms. The van der Waals surface area contributed by atoms with E-state index in [0.717, 1.165) is 25.0 Å². The second-order valence-corrected chi connectivity index (χ2v) is 5.39. The van der Waals surface area contributed by atoms with Crippen molar-refractivity contribution in [2.75, 3.05) is 6.61 Å². The minimum absolute atomic E-state index is 0.137. The van der Waals surface area contributed by atoms with Crippen LogP contribution in [0.3, 0.4) is 0 Å². The summed E-state index contributed by atoms with van der Waals surface area (Å²) >= 11 is 0. The number of fused-ring (bicyclic) bond motifs is 1. The fraction of sp³-hybridized carbons (Fsp3) is 0.692.